The van der Waals surface area contributed by atoms with Crippen molar-refractivity contribution < 1.29 is 14.3 Å². The van der Waals surface area contributed by atoms with E-state index in [1.165, 1.54) is 7.11 Å². The third-order valence-electron chi connectivity index (χ3n) is 3.22. The molecule has 0 bridgehead atoms. The minimum atomic E-state index is -0.453. The lowest BCUT2D eigenvalue weighted by Gasteiger charge is -2.36. The summed E-state index contributed by atoms with van der Waals surface area (Å²) in [6.45, 7) is 6.17. The molecule has 1 heterocycles. The number of amides is 2. The Labute approximate surface area is 108 Å². The highest BCUT2D eigenvalue weighted by atomic mass is 16.5. The van der Waals surface area contributed by atoms with Crippen molar-refractivity contribution in [2.45, 2.75) is 19.9 Å². The Morgan fingerprint density at radius 2 is 1.67 bits per heavy atom. The van der Waals surface area contributed by atoms with E-state index in [1.807, 2.05) is 13.8 Å². The van der Waals surface area contributed by atoms with Gasteiger partial charge in [-0.05, 0) is 5.92 Å². The van der Waals surface area contributed by atoms with Crippen LogP contribution in [-0.4, -0.2) is 67.6 Å². The molecule has 1 rings (SSSR count). The molecule has 0 aromatic rings. The second-order valence-electron chi connectivity index (χ2n) is 4.91. The van der Waals surface area contributed by atoms with Crippen LogP contribution in [0.25, 0.3) is 0 Å². The van der Waals surface area contributed by atoms with Crippen LogP contribution < -0.4 is 5.73 Å². The zero-order chi connectivity index (χ0) is 13.7. The molecule has 0 aromatic carbocycles. The standard InChI is InChI=1S/C12H23N3O3/c1-9(2)11(13)12(17)15-6-4-14(5-7-15)10(16)8-18-3/h9,11H,4-8,13H2,1-3H3. The number of hydrogen-bond donors (Lipinski definition) is 1. The second-order valence-corrected chi connectivity index (χ2v) is 4.91. The van der Waals surface area contributed by atoms with Gasteiger partial charge in [0.15, 0.2) is 0 Å². The molecule has 0 saturated carbocycles. The first kappa shape index (κ1) is 14.9. The Balaban J connectivity index is 2.44. The smallest absolute Gasteiger partial charge is 0.248 e. The number of piperazine rings is 1. The van der Waals surface area contributed by atoms with Crippen LogP contribution in [-0.2, 0) is 14.3 Å². The van der Waals surface area contributed by atoms with Crippen molar-refractivity contribution in [2.75, 3.05) is 39.9 Å². The predicted molar refractivity (Wildman–Crippen MR) is 67.8 cm³/mol. The van der Waals surface area contributed by atoms with Crippen LogP contribution >= 0.6 is 0 Å². The number of methoxy groups -OCH3 is 1. The summed E-state index contributed by atoms with van der Waals surface area (Å²) in [5, 5.41) is 0. The van der Waals surface area contributed by atoms with Crippen LogP contribution in [0.3, 0.4) is 0 Å². The molecule has 2 amide bonds. The van der Waals surface area contributed by atoms with E-state index in [0.29, 0.717) is 26.2 Å². The molecule has 0 aromatic heterocycles. The van der Waals surface area contributed by atoms with Gasteiger partial charge in [-0.1, -0.05) is 13.8 Å². The Morgan fingerprint density at radius 3 is 2.11 bits per heavy atom. The van der Waals surface area contributed by atoms with Gasteiger partial charge in [-0.25, -0.2) is 0 Å². The third kappa shape index (κ3) is 3.68. The highest BCUT2D eigenvalue weighted by Crippen LogP contribution is 2.08. The minimum absolute atomic E-state index is 0.0242. The van der Waals surface area contributed by atoms with Gasteiger partial charge in [0.1, 0.15) is 6.61 Å². The maximum Gasteiger partial charge on any atom is 0.248 e. The summed E-state index contributed by atoms with van der Waals surface area (Å²) >= 11 is 0. The van der Waals surface area contributed by atoms with E-state index < -0.39 is 6.04 Å². The van der Waals surface area contributed by atoms with Crippen molar-refractivity contribution in [1.82, 2.24) is 9.80 Å². The summed E-state index contributed by atoms with van der Waals surface area (Å²) in [6.07, 6.45) is 0. The first-order valence-electron chi connectivity index (χ1n) is 6.28. The Bertz CT molecular complexity index is 299. The predicted octanol–water partition coefficient (Wildman–Crippen LogP) is -0.713. The first-order chi connectivity index (χ1) is 8.47. The largest absolute Gasteiger partial charge is 0.375 e. The normalized spacial score (nSPS) is 18.1. The second kappa shape index (κ2) is 6.70. The zero-order valence-corrected chi connectivity index (χ0v) is 11.4. The van der Waals surface area contributed by atoms with Crippen LogP contribution in [0.15, 0.2) is 0 Å². The number of carbonyl (C=O) groups is 2. The third-order valence-corrected chi connectivity index (χ3v) is 3.22. The lowest BCUT2D eigenvalue weighted by Crippen LogP contribution is -2.55. The molecule has 1 unspecified atom stereocenters. The van der Waals surface area contributed by atoms with Crippen molar-refractivity contribution in [2.24, 2.45) is 11.7 Å². The number of nitrogens with zero attached hydrogens (tertiary/aromatic N) is 2. The summed E-state index contributed by atoms with van der Waals surface area (Å²) in [4.78, 5) is 27.1. The van der Waals surface area contributed by atoms with Crippen molar-refractivity contribution in [3.63, 3.8) is 0 Å². The van der Waals surface area contributed by atoms with E-state index in [4.69, 9.17) is 10.5 Å². The van der Waals surface area contributed by atoms with Crippen molar-refractivity contribution in [3.05, 3.63) is 0 Å². The molecule has 6 nitrogen and oxygen atoms in total. The van der Waals surface area contributed by atoms with E-state index in [2.05, 4.69) is 0 Å². The van der Waals surface area contributed by atoms with Crippen molar-refractivity contribution >= 4 is 11.8 Å². The molecule has 6 heteroatoms. The van der Waals surface area contributed by atoms with Gasteiger partial charge in [0, 0.05) is 33.3 Å². The van der Waals surface area contributed by atoms with Crippen LogP contribution in [0.2, 0.25) is 0 Å². The minimum Gasteiger partial charge on any atom is -0.375 e. The molecule has 1 fully saturated rings. The number of rotatable bonds is 4. The summed E-state index contributed by atoms with van der Waals surface area (Å²) in [5.41, 5.74) is 5.84. The van der Waals surface area contributed by atoms with Crippen molar-refractivity contribution in [1.29, 1.82) is 0 Å². The highest BCUT2D eigenvalue weighted by molar-refractivity contribution is 5.82. The molecular weight excluding hydrogens is 234 g/mol. The van der Waals surface area contributed by atoms with E-state index in [0.717, 1.165) is 0 Å². The van der Waals surface area contributed by atoms with Gasteiger partial charge in [-0.3, -0.25) is 9.59 Å². The summed E-state index contributed by atoms with van der Waals surface area (Å²) in [5.74, 6) is 0.0762. The lowest BCUT2D eigenvalue weighted by molar-refractivity contribution is -0.142. The molecule has 0 aliphatic carbocycles. The topological polar surface area (TPSA) is 75.9 Å². The monoisotopic (exact) mass is 257 g/mol. The van der Waals surface area contributed by atoms with E-state index >= 15 is 0 Å². The average Bonchev–Trinajstić information content (AvgIpc) is 2.37. The Hall–Kier alpha value is -1.14. The molecule has 1 atom stereocenters. The fraction of sp³-hybridized carbons (Fsp3) is 0.833. The lowest BCUT2D eigenvalue weighted by atomic mass is 10.0. The number of ether oxygens (including phenoxy) is 1. The van der Waals surface area contributed by atoms with Crippen LogP contribution in [0, 0.1) is 5.92 Å². The Morgan fingerprint density at radius 1 is 1.17 bits per heavy atom. The van der Waals surface area contributed by atoms with Gasteiger partial charge >= 0.3 is 0 Å². The van der Waals surface area contributed by atoms with Gasteiger partial charge in [-0.15, -0.1) is 0 Å². The van der Waals surface area contributed by atoms with Crippen LogP contribution in [0.1, 0.15) is 13.8 Å². The SMILES string of the molecule is COCC(=O)N1CCN(C(=O)C(N)C(C)C)CC1. The van der Waals surface area contributed by atoms with Gasteiger partial charge in [0.2, 0.25) is 11.8 Å². The van der Waals surface area contributed by atoms with E-state index in [-0.39, 0.29) is 24.3 Å². The van der Waals surface area contributed by atoms with Gasteiger partial charge in [0.25, 0.3) is 0 Å². The van der Waals surface area contributed by atoms with Crippen LogP contribution in [0.5, 0.6) is 0 Å². The van der Waals surface area contributed by atoms with E-state index in [9.17, 15) is 9.59 Å². The molecule has 0 radical (unpaired) electrons. The summed E-state index contributed by atoms with van der Waals surface area (Å²) in [7, 11) is 1.50. The number of carbonyl (C=O) groups excluding carboxylic acids is 2. The molecule has 1 aliphatic rings. The van der Waals surface area contributed by atoms with Crippen molar-refractivity contribution in [3.8, 4) is 0 Å². The molecule has 0 spiro atoms. The Kier molecular flexibility index (Phi) is 5.55. The number of hydrogen-bond acceptors (Lipinski definition) is 4. The fourth-order valence-corrected chi connectivity index (χ4v) is 1.89. The highest BCUT2D eigenvalue weighted by Gasteiger charge is 2.28. The molecule has 18 heavy (non-hydrogen) atoms. The summed E-state index contributed by atoms with van der Waals surface area (Å²) < 4.78 is 4.81. The van der Waals surface area contributed by atoms with Gasteiger partial charge in [0.05, 0.1) is 6.04 Å². The van der Waals surface area contributed by atoms with Crippen LogP contribution in [0.4, 0.5) is 0 Å². The first-order valence-corrected chi connectivity index (χ1v) is 6.28. The van der Waals surface area contributed by atoms with E-state index in [1.54, 1.807) is 9.80 Å². The molecule has 1 saturated heterocycles. The maximum atomic E-state index is 12.0. The quantitative estimate of drug-likeness (QED) is 0.721. The molecular formula is C12H23N3O3. The molecule has 104 valence electrons. The maximum absolute atomic E-state index is 12.0. The molecule has 2 N–H and O–H groups in total. The zero-order valence-electron chi connectivity index (χ0n) is 11.4. The fourth-order valence-electron chi connectivity index (χ4n) is 1.89. The van der Waals surface area contributed by atoms with Gasteiger partial charge < -0.3 is 20.3 Å². The van der Waals surface area contributed by atoms with Gasteiger partial charge in [-0.2, -0.15) is 0 Å². The number of nitrogens with two attached hydrogens (primary N) is 1. The average molecular weight is 257 g/mol. The molecule has 1 aliphatic heterocycles. The summed E-state index contributed by atoms with van der Waals surface area (Å²) in [6, 6.07) is -0.453.